The van der Waals surface area contributed by atoms with Crippen molar-refractivity contribution >= 4 is 19.8 Å². The summed E-state index contributed by atoms with van der Waals surface area (Å²) < 4.78 is 33.9. The molecule has 0 aromatic heterocycles. The minimum atomic E-state index is -4.36. The van der Waals surface area contributed by atoms with Crippen LogP contribution < -0.4 is 0 Å². The Bertz CT molecular complexity index is 796. The molecule has 0 rings (SSSR count). The van der Waals surface area contributed by atoms with Crippen molar-refractivity contribution in [2.75, 3.05) is 47.5 Å². The van der Waals surface area contributed by atoms with Gasteiger partial charge < -0.3 is 18.9 Å². The van der Waals surface area contributed by atoms with Crippen LogP contribution in [-0.4, -0.2) is 74.9 Å². The Morgan fingerprint density at radius 3 is 1.88 bits per heavy atom. The van der Waals surface area contributed by atoms with Crippen molar-refractivity contribution in [1.29, 1.82) is 0 Å². The van der Waals surface area contributed by atoms with Gasteiger partial charge in [-0.25, -0.2) is 4.57 Å². The van der Waals surface area contributed by atoms with Crippen LogP contribution in [0.2, 0.25) is 0 Å². The first-order valence-electron chi connectivity index (χ1n) is 16.5. The normalized spacial score (nSPS) is 14.0. The molecule has 252 valence electrons. The van der Waals surface area contributed by atoms with Crippen molar-refractivity contribution in [3.05, 3.63) is 24.8 Å². The number of likely N-dealkylation sites (N-methyl/N-ethyl adjacent to an activating group) is 1. The number of hydrogen-bond donors (Lipinski definition) is 1. The minimum absolute atomic E-state index is 0.0273. The first-order chi connectivity index (χ1) is 20.5. The number of carbonyl (C=O) groups is 2. The molecule has 0 radical (unpaired) electrons. The lowest BCUT2D eigenvalue weighted by Gasteiger charge is -2.24. The smallest absolute Gasteiger partial charge is 0.462 e. The maximum absolute atomic E-state index is 12.5. The van der Waals surface area contributed by atoms with Crippen LogP contribution >= 0.6 is 7.82 Å². The van der Waals surface area contributed by atoms with Gasteiger partial charge in [0.25, 0.3) is 0 Å². The van der Waals surface area contributed by atoms with E-state index in [0.717, 1.165) is 77.0 Å². The summed E-state index contributed by atoms with van der Waals surface area (Å²) >= 11 is 0. The summed E-state index contributed by atoms with van der Waals surface area (Å²) in [6, 6.07) is 0. The third kappa shape index (κ3) is 30.3. The number of phosphoric acid groups is 1. The van der Waals surface area contributed by atoms with Crippen molar-refractivity contribution < 1.29 is 42.1 Å². The molecular weight excluding hydrogens is 569 g/mol. The Balaban J connectivity index is 4.51. The van der Waals surface area contributed by atoms with Crippen LogP contribution in [0.4, 0.5) is 0 Å². The van der Waals surface area contributed by atoms with Gasteiger partial charge in [0.1, 0.15) is 19.8 Å². The second kappa shape index (κ2) is 26.9. The topological polar surface area (TPSA) is 108 Å². The van der Waals surface area contributed by atoms with E-state index in [4.69, 9.17) is 18.5 Å². The number of nitrogens with zero attached hydrogens (tertiary/aromatic N) is 1. The predicted molar refractivity (Wildman–Crippen MR) is 174 cm³/mol. The van der Waals surface area contributed by atoms with E-state index < -0.39 is 32.5 Å². The van der Waals surface area contributed by atoms with Gasteiger partial charge in [0.05, 0.1) is 27.7 Å². The zero-order chi connectivity index (χ0) is 32.2. The van der Waals surface area contributed by atoms with Crippen molar-refractivity contribution in [3.8, 4) is 0 Å². The second-order valence-electron chi connectivity index (χ2n) is 12.3. The first kappa shape index (κ1) is 41.5. The summed E-state index contributed by atoms with van der Waals surface area (Å²) in [6.07, 6.45) is 22.9. The van der Waals surface area contributed by atoms with Crippen LogP contribution in [-0.2, 0) is 32.7 Å². The van der Waals surface area contributed by atoms with Gasteiger partial charge in [-0.15, -0.1) is 6.58 Å². The first-order valence-corrected chi connectivity index (χ1v) is 18.0. The third-order valence-corrected chi connectivity index (χ3v) is 7.83. The van der Waals surface area contributed by atoms with Crippen LogP contribution in [0.1, 0.15) is 122 Å². The van der Waals surface area contributed by atoms with Gasteiger partial charge in [-0.05, 0) is 51.4 Å². The highest BCUT2D eigenvalue weighted by molar-refractivity contribution is 7.47. The lowest BCUT2D eigenvalue weighted by molar-refractivity contribution is -0.870. The van der Waals surface area contributed by atoms with Crippen molar-refractivity contribution in [2.45, 2.75) is 129 Å². The zero-order valence-corrected chi connectivity index (χ0v) is 28.7. The molecule has 0 aliphatic carbocycles. The second-order valence-corrected chi connectivity index (χ2v) is 13.7. The molecule has 0 aliphatic heterocycles. The molecule has 0 aromatic rings. The Hall–Kier alpha value is -1.51. The fourth-order valence-electron chi connectivity index (χ4n) is 4.16. The molecular formula is C33H63NO8P+. The van der Waals surface area contributed by atoms with E-state index in [0.29, 0.717) is 17.4 Å². The van der Waals surface area contributed by atoms with E-state index in [9.17, 15) is 19.0 Å². The summed E-state index contributed by atoms with van der Waals surface area (Å²) in [5.41, 5.74) is 0. The van der Waals surface area contributed by atoms with E-state index >= 15 is 0 Å². The molecule has 0 aliphatic rings. The number of quaternary nitrogens is 1. The number of hydrogen-bond acceptors (Lipinski definition) is 7. The maximum atomic E-state index is 12.5. The van der Waals surface area contributed by atoms with Gasteiger partial charge in [-0.1, -0.05) is 76.5 Å². The van der Waals surface area contributed by atoms with Crippen LogP contribution in [0.15, 0.2) is 24.8 Å². The standard InChI is InChI=1S/C33H62NO8P/c1-6-8-10-12-14-15-16-17-18-20-22-24-26-33(36)42-31(30-41-43(37,38)40-28-27-34(3,4)5)29-39-32(35)25-23-21-19-13-11-9-7-2/h7,14-15,31H,2,6,8-13,16-30H2,1,3-5H3/p+1/b15-14-/t31-/m1/s1. The molecule has 0 saturated heterocycles. The number of ether oxygens (including phenoxy) is 2. The number of unbranched alkanes of at least 4 members (excludes halogenated alkanes) is 13. The van der Waals surface area contributed by atoms with Gasteiger partial charge in [0.15, 0.2) is 6.10 Å². The highest BCUT2D eigenvalue weighted by atomic mass is 31.2. The molecule has 0 aromatic carbocycles. The molecule has 0 spiro atoms. The summed E-state index contributed by atoms with van der Waals surface area (Å²) in [6.45, 7) is 5.82. The summed E-state index contributed by atoms with van der Waals surface area (Å²) in [7, 11) is 1.45. The van der Waals surface area contributed by atoms with Crippen LogP contribution in [0.3, 0.4) is 0 Å². The summed E-state index contributed by atoms with van der Waals surface area (Å²) in [5, 5.41) is 0. The highest BCUT2D eigenvalue weighted by Crippen LogP contribution is 2.43. The molecule has 10 heteroatoms. The van der Waals surface area contributed by atoms with Crippen molar-refractivity contribution in [2.24, 2.45) is 0 Å². The molecule has 0 fully saturated rings. The minimum Gasteiger partial charge on any atom is -0.462 e. The van der Waals surface area contributed by atoms with Crippen LogP contribution in [0, 0.1) is 0 Å². The average Bonchev–Trinajstić information content (AvgIpc) is 2.93. The monoisotopic (exact) mass is 632 g/mol. The lowest BCUT2D eigenvalue weighted by Crippen LogP contribution is -2.37. The van der Waals surface area contributed by atoms with Gasteiger partial charge >= 0.3 is 19.8 Å². The maximum Gasteiger partial charge on any atom is 0.472 e. The highest BCUT2D eigenvalue weighted by Gasteiger charge is 2.27. The van der Waals surface area contributed by atoms with E-state index in [1.165, 1.54) is 19.3 Å². The molecule has 1 unspecified atom stereocenters. The Kier molecular flexibility index (Phi) is 25.9. The predicted octanol–water partition coefficient (Wildman–Crippen LogP) is 8.07. The number of rotatable bonds is 30. The Morgan fingerprint density at radius 2 is 1.30 bits per heavy atom. The van der Waals surface area contributed by atoms with E-state index in [-0.39, 0.29) is 26.1 Å². The van der Waals surface area contributed by atoms with Crippen molar-refractivity contribution in [1.82, 2.24) is 0 Å². The third-order valence-electron chi connectivity index (χ3n) is 6.85. The van der Waals surface area contributed by atoms with E-state index in [2.05, 4.69) is 25.7 Å². The molecule has 0 heterocycles. The molecule has 43 heavy (non-hydrogen) atoms. The Labute approximate surface area is 262 Å². The quantitative estimate of drug-likeness (QED) is 0.0279. The SMILES string of the molecule is C=CCCCCCCCC(=O)OC[C@H](COP(=O)(O)OCC[N+](C)(C)C)OC(=O)CCCCCCC/C=C\CCCCC. The molecule has 9 nitrogen and oxygen atoms in total. The number of allylic oxidation sites excluding steroid dienone is 3. The van der Waals surface area contributed by atoms with Gasteiger partial charge in [0, 0.05) is 12.8 Å². The number of esters is 2. The average molecular weight is 633 g/mol. The molecule has 0 saturated carbocycles. The fraction of sp³-hybridized carbons (Fsp3) is 0.818. The Morgan fingerprint density at radius 1 is 0.767 bits per heavy atom. The molecule has 0 amide bonds. The van der Waals surface area contributed by atoms with E-state index in [1.54, 1.807) is 0 Å². The summed E-state index contributed by atoms with van der Waals surface area (Å²) in [4.78, 5) is 34.8. The molecule has 2 atom stereocenters. The summed E-state index contributed by atoms with van der Waals surface area (Å²) in [5.74, 6) is -0.841. The van der Waals surface area contributed by atoms with Gasteiger partial charge in [-0.2, -0.15) is 0 Å². The molecule has 0 bridgehead atoms. The van der Waals surface area contributed by atoms with E-state index in [1.807, 2.05) is 27.2 Å². The van der Waals surface area contributed by atoms with Crippen LogP contribution in [0.5, 0.6) is 0 Å². The number of phosphoric ester groups is 1. The van der Waals surface area contributed by atoms with Crippen molar-refractivity contribution in [3.63, 3.8) is 0 Å². The zero-order valence-electron chi connectivity index (χ0n) is 27.8. The largest absolute Gasteiger partial charge is 0.472 e. The van der Waals surface area contributed by atoms with Crippen LogP contribution in [0.25, 0.3) is 0 Å². The lowest BCUT2D eigenvalue weighted by atomic mass is 10.1. The van der Waals surface area contributed by atoms with Gasteiger partial charge in [0.2, 0.25) is 0 Å². The van der Waals surface area contributed by atoms with Gasteiger partial charge in [-0.3, -0.25) is 18.6 Å². The molecule has 1 N–H and O–H groups in total. The fourth-order valence-corrected chi connectivity index (χ4v) is 4.90. The number of carbonyl (C=O) groups excluding carboxylic acids is 2.